The lowest BCUT2D eigenvalue weighted by molar-refractivity contribution is 0.0273. The molecule has 1 aromatic heterocycles. The van der Waals surface area contributed by atoms with Gasteiger partial charge >= 0.3 is 5.97 Å². The third kappa shape index (κ3) is 3.74. The normalized spacial score (nSPS) is 11.2. The maximum Gasteiger partial charge on any atom is 0.354 e. The number of H-pyrrole nitrogens is 1. The van der Waals surface area contributed by atoms with Crippen LogP contribution >= 0.6 is 0 Å². The first-order valence-electron chi connectivity index (χ1n) is 6.69. The van der Waals surface area contributed by atoms with E-state index in [4.69, 9.17) is 15.2 Å². The number of ether oxygens (including phenoxy) is 2. The molecular formula is C15H20N2O3. The van der Waals surface area contributed by atoms with Crippen LogP contribution < -0.4 is 5.73 Å². The van der Waals surface area contributed by atoms with Gasteiger partial charge in [-0.1, -0.05) is 13.8 Å². The molecule has 3 N–H and O–H groups in total. The molecule has 2 aromatic rings. The monoisotopic (exact) mass is 276 g/mol. The molecule has 0 saturated heterocycles. The maximum absolute atomic E-state index is 11.9. The molecular weight excluding hydrogens is 256 g/mol. The number of carbonyl (C=O) groups is 1. The molecule has 20 heavy (non-hydrogen) atoms. The smallest absolute Gasteiger partial charge is 0.354 e. The molecule has 0 aliphatic heterocycles. The Morgan fingerprint density at radius 2 is 2.10 bits per heavy atom. The number of anilines is 1. The SMILES string of the molecule is CC(C)COCCOC(=O)c1cc2cc(N)ccc2[nH]1. The largest absolute Gasteiger partial charge is 0.459 e. The zero-order valence-electron chi connectivity index (χ0n) is 11.8. The van der Waals surface area contributed by atoms with Crippen molar-refractivity contribution in [1.29, 1.82) is 0 Å². The van der Waals surface area contributed by atoms with Crippen LogP contribution in [0.5, 0.6) is 0 Å². The number of hydrogen-bond acceptors (Lipinski definition) is 4. The summed E-state index contributed by atoms with van der Waals surface area (Å²) >= 11 is 0. The van der Waals surface area contributed by atoms with E-state index in [2.05, 4.69) is 18.8 Å². The summed E-state index contributed by atoms with van der Waals surface area (Å²) in [5.41, 5.74) is 7.65. The molecule has 0 aliphatic rings. The van der Waals surface area contributed by atoms with Gasteiger partial charge in [0.15, 0.2) is 0 Å². The number of nitrogens with one attached hydrogen (secondary N) is 1. The summed E-state index contributed by atoms with van der Waals surface area (Å²) in [6.07, 6.45) is 0. The number of aromatic amines is 1. The van der Waals surface area contributed by atoms with E-state index in [0.717, 1.165) is 10.9 Å². The summed E-state index contributed by atoms with van der Waals surface area (Å²) in [7, 11) is 0. The van der Waals surface area contributed by atoms with Crippen molar-refractivity contribution in [3.8, 4) is 0 Å². The van der Waals surface area contributed by atoms with Gasteiger partial charge in [0.25, 0.3) is 0 Å². The Balaban J connectivity index is 1.88. The summed E-state index contributed by atoms with van der Waals surface area (Å²) in [5, 5.41) is 0.896. The van der Waals surface area contributed by atoms with Crippen LogP contribution in [0.1, 0.15) is 24.3 Å². The van der Waals surface area contributed by atoms with Gasteiger partial charge in [0.05, 0.1) is 6.61 Å². The van der Waals surface area contributed by atoms with Crippen molar-refractivity contribution in [1.82, 2.24) is 4.98 Å². The van der Waals surface area contributed by atoms with Crippen LogP contribution in [-0.4, -0.2) is 30.8 Å². The summed E-state index contributed by atoms with van der Waals surface area (Å²) < 4.78 is 10.5. The van der Waals surface area contributed by atoms with Gasteiger partial charge < -0.3 is 20.2 Å². The number of nitrogens with two attached hydrogens (primary N) is 1. The van der Waals surface area contributed by atoms with Crippen LogP contribution in [0.15, 0.2) is 24.3 Å². The minimum absolute atomic E-state index is 0.253. The molecule has 0 amide bonds. The van der Waals surface area contributed by atoms with Crippen molar-refractivity contribution in [2.24, 2.45) is 5.92 Å². The topological polar surface area (TPSA) is 77.3 Å². The van der Waals surface area contributed by atoms with Crippen molar-refractivity contribution in [2.45, 2.75) is 13.8 Å². The first-order chi connectivity index (χ1) is 9.56. The Hall–Kier alpha value is -2.01. The molecule has 5 heteroatoms. The molecule has 5 nitrogen and oxygen atoms in total. The fraction of sp³-hybridized carbons (Fsp3) is 0.400. The number of esters is 1. The average molecular weight is 276 g/mol. The van der Waals surface area contributed by atoms with Crippen molar-refractivity contribution < 1.29 is 14.3 Å². The molecule has 0 aliphatic carbocycles. The van der Waals surface area contributed by atoms with Gasteiger partial charge in [-0.25, -0.2) is 4.79 Å². The zero-order valence-corrected chi connectivity index (χ0v) is 11.8. The fourth-order valence-corrected chi connectivity index (χ4v) is 1.85. The molecule has 0 radical (unpaired) electrons. The summed E-state index contributed by atoms with van der Waals surface area (Å²) in [5.74, 6) is 0.0952. The van der Waals surface area contributed by atoms with Crippen LogP contribution in [0.25, 0.3) is 10.9 Å². The van der Waals surface area contributed by atoms with Gasteiger partial charge in [0, 0.05) is 23.2 Å². The predicted octanol–water partition coefficient (Wildman–Crippen LogP) is 2.58. The van der Waals surface area contributed by atoms with Crippen LogP contribution in [0.3, 0.4) is 0 Å². The Morgan fingerprint density at radius 1 is 1.30 bits per heavy atom. The molecule has 0 saturated carbocycles. The van der Waals surface area contributed by atoms with Crippen LogP contribution in [0, 0.1) is 5.92 Å². The molecule has 0 atom stereocenters. The minimum atomic E-state index is -0.382. The second-order valence-electron chi connectivity index (χ2n) is 5.13. The second kappa shape index (κ2) is 6.43. The highest BCUT2D eigenvalue weighted by atomic mass is 16.6. The highest BCUT2D eigenvalue weighted by molar-refractivity contribution is 5.95. The quantitative estimate of drug-likeness (QED) is 0.483. The first-order valence-corrected chi connectivity index (χ1v) is 6.69. The van der Waals surface area contributed by atoms with E-state index in [1.165, 1.54) is 0 Å². The highest BCUT2D eigenvalue weighted by Gasteiger charge is 2.10. The first kappa shape index (κ1) is 14.4. The van der Waals surface area contributed by atoms with Crippen LogP contribution in [-0.2, 0) is 9.47 Å². The lowest BCUT2D eigenvalue weighted by atomic mass is 10.2. The number of aromatic nitrogens is 1. The van der Waals surface area contributed by atoms with E-state index >= 15 is 0 Å². The van der Waals surface area contributed by atoms with Crippen LogP contribution in [0.4, 0.5) is 5.69 Å². The van der Waals surface area contributed by atoms with E-state index in [1.54, 1.807) is 12.1 Å². The Morgan fingerprint density at radius 3 is 2.85 bits per heavy atom. The molecule has 108 valence electrons. The van der Waals surface area contributed by atoms with Crippen molar-refractivity contribution in [3.63, 3.8) is 0 Å². The second-order valence-corrected chi connectivity index (χ2v) is 5.13. The third-order valence-corrected chi connectivity index (χ3v) is 2.78. The average Bonchev–Trinajstić information content (AvgIpc) is 2.80. The van der Waals surface area contributed by atoms with Gasteiger partial charge in [-0.15, -0.1) is 0 Å². The van der Waals surface area contributed by atoms with E-state index in [1.807, 2.05) is 12.1 Å². The summed E-state index contributed by atoms with van der Waals surface area (Å²) in [6, 6.07) is 7.18. The Labute approximate surface area is 118 Å². The Bertz CT molecular complexity index is 590. The lowest BCUT2D eigenvalue weighted by Crippen LogP contribution is -2.12. The summed E-state index contributed by atoms with van der Waals surface area (Å²) in [6.45, 7) is 5.48. The number of rotatable bonds is 6. The molecule has 0 fully saturated rings. The Kier molecular flexibility index (Phi) is 4.63. The molecule has 0 spiro atoms. The van der Waals surface area contributed by atoms with E-state index in [-0.39, 0.29) is 12.6 Å². The highest BCUT2D eigenvalue weighted by Crippen LogP contribution is 2.18. The third-order valence-electron chi connectivity index (χ3n) is 2.78. The molecule has 2 rings (SSSR count). The maximum atomic E-state index is 11.9. The number of nitrogen functional groups attached to an aromatic ring is 1. The van der Waals surface area contributed by atoms with Crippen molar-refractivity contribution >= 4 is 22.6 Å². The standard InChI is InChI=1S/C15H20N2O3/c1-10(2)9-19-5-6-20-15(18)14-8-11-7-12(16)3-4-13(11)17-14/h3-4,7-8,10,17H,5-6,9,16H2,1-2H3. The minimum Gasteiger partial charge on any atom is -0.459 e. The van der Waals surface area contributed by atoms with Gasteiger partial charge in [0.2, 0.25) is 0 Å². The lowest BCUT2D eigenvalue weighted by Gasteiger charge is -2.07. The van der Waals surface area contributed by atoms with Gasteiger partial charge in [0.1, 0.15) is 12.3 Å². The van der Waals surface area contributed by atoms with Crippen LogP contribution in [0.2, 0.25) is 0 Å². The van der Waals surface area contributed by atoms with Gasteiger partial charge in [-0.05, 0) is 30.2 Å². The molecule has 1 heterocycles. The fourth-order valence-electron chi connectivity index (χ4n) is 1.85. The van der Waals surface area contributed by atoms with Crippen molar-refractivity contribution in [2.75, 3.05) is 25.6 Å². The number of hydrogen-bond donors (Lipinski definition) is 2. The number of carbonyl (C=O) groups excluding carboxylic acids is 1. The zero-order chi connectivity index (χ0) is 14.5. The number of fused-ring (bicyclic) bond motifs is 1. The van der Waals surface area contributed by atoms with Crippen molar-refractivity contribution in [3.05, 3.63) is 30.0 Å². The van der Waals surface area contributed by atoms with Gasteiger partial charge in [-0.3, -0.25) is 0 Å². The number of benzene rings is 1. The van der Waals surface area contributed by atoms with Gasteiger partial charge in [-0.2, -0.15) is 0 Å². The van der Waals surface area contributed by atoms with E-state index in [0.29, 0.717) is 30.5 Å². The predicted molar refractivity (Wildman–Crippen MR) is 78.7 cm³/mol. The summed E-state index contributed by atoms with van der Waals surface area (Å²) in [4.78, 5) is 14.9. The van der Waals surface area contributed by atoms with E-state index < -0.39 is 0 Å². The molecule has 0 bridgehead atoms. The molecule has 0 unspecified atom stereocenters. The molecule has 1 aromatic carbocycles. The van der Waals surface area contributed by atoms with E-state index in [9.17, 15) is 4.79 Å².